The SMILES string of the molecule is c1ccc(-c2cc(-c3ccccc3)cc(-c3ccc4c(c3)C3(c5ccccc5-4)c4ccccc4-c4c3c3c5ccccc5c(-c5cc(-c6ccccc6)cc(-c6ccccc6)c5)cc3c3ccccc43)c2)cc1. The molecule has 0 aromatic heterocycles. The van der Waals surface area contributed by atoms with E-state index in [1.165, 1.54) is 144 Å². The number of rotatable bonds is 6. The van der Waals surface area contributed by atoms with Crippen LogP contribution in [0.25, 0.3) is 121 Å². The van der Waals surface area contributed by atoms with Crippen LogP contribution in [0, 0.1) is 0 Å². The van der Waals surface area contributed by atoms with Gasteiger partial charge in [-0.05, 0) is 192 Å². The highest BCUT2D eigenvalue weighted by Gasteiger charge is 2.53. The van der Waals surface area contributed by atoms with E-state index in [1.54, 1.807) is 0 Å². The fourth-order valence-corrected chi connectivity index (χ4v) is 12.9. The zero-order valence-corrected chi connectivity index (χ0v) is 40.1. The summed E-state index contributed by atoms with van der Waals surface area (Å²) in [6.07, 6.45) is 0. The molecular formula is C73H46. The molecular weight excluding hydrogens is 877 g/mol. The van der Waals surface area contributed by atoms with Crippen molar-refractivity contribution in [2.45, 2.75) is 5.41 Å². The van der Waals surface area contributed by atoms with Gasteiger partial charge >= 0.3 is 0 Å². The van der Waals surface area contributed by atoms with Crippen molar-refractivity contribution < 1.29 is 0 Å². The van der Waals surface area contributed by atoms with Crippen LogP contribution in [-0.4, -0.2) is 0 Å². The van der Waals surface area contributed by atoms with Crippen LogP contribution in [0.15, 0.2) is 279 Å². The maximum Gasteiger partial charge on any atom is 0.0732 e. The molecule has 0 saturated carbocycles. The standard InChI is InChI=1S/C73H46/c1-5-21-47(22-6-1)52-39-53(48-23-7-2-8-24-48)42-56(41-52)51-37-38-61-60-31-17-19-35-67(60)73(69(61)45-51)68-36-20-18-34-64(68)70-63-33-16-14-30-59(63)66-46-65(58-29-13-15-32-62(58)71(66)72(70)73)57-43-54(49-25-9-3-10-26-49)40-55(44-57)50-27-11-4-12-28-50/h1-46H. The van der Waals surface area contributed by atoms with Gasteiger partial charge in [-0.2, -0.15) is 0 Å². The molecule has 0 amide bonds. The average Bonchev–Trinajstić information content (AvgIpc) is 3.95. The molecule has 338 valence electrons. The lowest BCUT2D eigenvalue weighted by Gasteiger charge is -2.32. The largest absolute Gasteiger partial charge is 0.0732 e. The van der Waals surface area contributed by atoms with Crippen LogP contribution in [-0.2, 0) is 5.41 Å². The Bertz CT molecular complexity index is 4220. The summed E-state index contributed by atoms with van der Waals surface area (Å²) in [5.74, 6) is 0. The second-order valence-corrected chi connectivity index (χ2v) is 19.9. The predicted molar refractivity (Wildman–Crippen MR) is 308 cm³/mol. The molecule has 0 radical (unpaired) electrons. The maximum atomic E-state index is 2.55. The van der Waals surface area contributed by atoms with Crippen molar-refractivity contribution in [2.75, 3.05) is 0 Å². The van der Waals surface area contributed by atoms with Crippen LogP contribution in [0.3, 0.4) is 0 Å². The fraction of sp³-hybridized carbons (Fsp3) is 0.0137. The van der Waals surface area contributed by atoms with Crippen molar-refractivity contribution in [3.8, 4) is 89.0 Å². The van der Waals surface area contributed by atoms with Gasteiger partial charge in [0.2, 0.25) is 0 Å². The Balaban J connectivity index is 1.05. The van der Waals surface area contributed by atoms with Crippen molar-refractivity contribution in [2.24, 2.45) is 0 Å². The third-order valence-corrected chi connectivity index (χ3v) is 16.0. The molecule has 1 atom stereocenters. The minimum atomic E-state index is -0.618. The van der Waals surface area contributed by atoms with Gasteiger partial charge in [-0.15, -0.1) is 0 Å². The Labute approximate surface area is 425 Å². The number of hydrogen-bond donors (Lipinski definition) is 0. The smallest absolute Gasteiger partial charge is 0.0622 e. The molecule has 73 heavy (non-hydrogen) atoms. The van der Waals surface area contributed by atoms with Crippen molar-refractivity contribution in [1.82, 2.24) is 0 Å². The molecule has 0 heterocycles. The highest BCUT2D eigenvalue weighted by molar-refractivity contribution is 6.28. The monoisotopic (exact) mass is 922 g/mol. The summed E-state index contributed by atoms with van der Waals surface area (Å²) in [7, 11) is 0. The molecule has 13 aromatic rings. The summed E-state index contributed by atoms with van der Waals surface area (Å²) in [5.41, 5.74) is 24.5. The molecule has 2 aliphatic carbocycles. The second-order valence-electron chi connectivity index (χ2n) is 19.9. The second kappa shape index (κ2) is 16.4. The molecule has 1 spiro atoms. The Kier molecular flexibility index (Phi) is 9.28. The van der Waals surface area contributed by atoms with E-state index in [9.17, 15) is 0 Å². The lowest BCUT2D eigenvalue weighted by atomic mass is 9.68. The van der Waals surface area contributed by atoms with E-state index in [1.807, 2.05) is 0 Å². The third-order valence-electron chi connectivity index (χ3n) is 16.0. The molecule has 0 heteroatoms. The van der Waals surface area contributed by atoms with Crippen LogP contribution < -0.4 is 0 Å². The normalized spacial score (nSPS) is 14.1. The number of hydrogen-bond acceptors (Lipinski definition) is 0. The van der Waals surface area contributed by atoms with Gasteiger partial charge in [-0.1, -0.05) is 231 Å². The Morgan fingerprint density at radius 1 is 0.192 bits per heavy atom. The van der Waals surface area contributed by atoms with Crippen molar-refractivity contribution in [3.63, 3.8) is 0 Å². The molecule has 1 unspecified atom stereocenters. The van der Waals surface area contributed by atoms with Gasteiger partial charge in [0.25, 0.3) is 0 Å². The van der Waals surface area contributed by atoms with E-state index < -0.39 is 5.41 Å². The summed E-state index contributed by atoms with van der Waals surface area (Å²) in [6.45, 7) is 0. The van der Waals surface area contributed by atoms with Gasteiger partial charge in [-0.3, -0.25) is 0 Å². The maximum absolute atomic E-state index is 2.55. The van der Waals surface area contributed by atoms with E-state index in [0.717, 1.165) is 0 Å². The van der Waals surface area contributed by atoms with E-state index in [0.29, 0.717) is 0 Å². The molecule has 0 aliphatic heterocycles. The Morgan fingerprint density at radius 3 is 1.14 bits per heavy atom. The minimum Gasteiger partial charge on any atom is -0.0622 e. The minimum absolute atomic E-state index is 0.618. The molecule has 0 saturated heterocycles. The van der Waals surface area contributed by atoms with Crippen LogP contribution in [0.2, 0.25) is 0 Å². The number of fused-ring (bicyclic) bond motifs is 17. The third kappa shape index (κ3) is 6.27. The van der Waals surface area contributed by atoms with E-state index in [4.69, 9.17) is 0 Å². The van der Waals surface area contributed by atoms with E-state index >= 15 is 0 Å². The first-order valence-electron chi connectivity index (χ1n) is 25.5. The molecule has 15 rings (SSSR count). The van der Waals surface area contributed by atoms with Crippen LogP contribution >= 0.6 is 0 Å². The van der Waals surface area contributed by atoms with E-state index in [-0.39, 0.29) is 0 Å². The summed E-state index contributed by atoms with van der Waals surface area (Å²) < 4.78 is 0. The molecule has 2 aliphatic rings. The first-order valence-corrected chi connectivity index (χ1v) is 25.5. The Hall–Kier alpha value is -9.36. The average molecular weight is 923 g/mol. The zero-order valence-electron chi connectivity index (χ0n) is 40.1. The zero-order chi connectivity index (χ0) is 48.0. The molecule has 0 N–H and O–H groups in total. The van der Waals surface area contributed by atoms with Crippen molar-refractivity contribution in [1.29, 1.82) is 0 Å². The summed E-state index contributed by atoms with van der Waals surface area (Å²) in [4.78, 5) is 0. The molecule has 0 nitrogen and oxygen atoms in total. The highest BCUT2D eigenvalue weighted by atomic mass is 14.5. The lowest BCUT2D eigenvalue weighted by Crippen LogP contribution is -2.26. The van der Waals surface area contributed by atoms with Crippen LogP contribution in [0.4, 0.5) is 0 Å². The molecule has 0 bridgehead atoms. The Morgan fingerprint density at radius 2 is 0.589 bits per heavy atom. The number of benzene rings is 13. The van der Waals surface area contributed by atoms with Crippen molar-refractivity contribution in [3.05, 3.63) is 301 Å². The summed E-state index contributed by atoms with van der Waals surface area (Å²) in [5, 5.41) is 7.65. The summed E-state index contributed by atoms with van der Waals surface area (Å²) >= 11 is 0. The van der Waals surface area contributed by atoms with Gasteiger partial charge in [0.05, 0.1) is 5.41 Å². The van der Waals surface area contributed by atoms with Gasteiger partial charge in [0.1, 0.15) is 0 Å². The predicted octanol–water partition coefficient (Wildman–Crippen LogP) is 19.5. The van der Waals surface area contributed by atoms with Gasteiger partial charge in [0.15, 0.2) is 0 Å². The van der Waals surface area contributed by atoms with Crippen LogP contribution in [0.5, 0.6) is 0 Å². The quantitative estimate of drug-likeness (QED) is 0.146. The van der Waals surface area contributed by atoms with E-state index in [2.05, 4.69) is 279 Å². The van der Waals surface area contributed by atoms with Gasteiger partial charge < -0.3 is 0 Å². The van der Waals surface area contributed by atoms with Crippen LogP contribution in [0.1, 0.15) is 22.3 Å². The van der Waals surface area contributed by atoms with Crippen molar-refractivity contribution >= 4 is 32.3 Å². The topological polar surface area (TPSA) is 0 Å². The highest BCUT2D eigenvalue weighted by Crippen LogP contribution is 2.66. The van der Waals surface area contributed by atoms with Gasteiger partial charge in [0, 0.05) is 0 Å². The first kappa shape index (κ1) is 41.4. The lowest BCUT2D eigenvalue weighted by molar-refractivity contribution is 0.802. The first-order chi connectivity index (χ1) is 36.2. The summed E-state index contributed by atoms with van der Waals surface area (Å²) in [6, 6.07) is 104. The fourth-order valence-electron chi connectivity index (χ4n) is 12.9. The van der Waals surface area contributed by atoms with Gasteiger partial charge in [-0.25, -0.2) is 0 Å². The molecule has 0 fully saturated rings. The molecule has 13 aromatic carbocycles.